The number of nitrogens with zero attached hydrogens (tertiary/aromatic N) is 5. The number of amides is 1. The summed E-state index contributed by atoms with van der Waals surface area (Å²) < 4.78 is 0.744. The zero-order chi connectivity index (χ0) is 19.8. The van der Waals surface area contributed by atoms with Crippen LogP contribution in [0.4, 0.5) is 15.8 Å². The van der Waals surface area contributed by atoms with Crippen molar-refractivity contribution in [3.8, 4) is 0 Å². The van der Waals surface area contributed by atoms with Crippen LogP contribution in [0.5, 0.6) is 0 Å². The van der Waals surface area contributed by atoms with Crippen molar-refractivity contribution in [3.05, 3.63) is 55.4 Å². The molecule has 0 aliphatic carbocycles. The lowest BCUT2D eigenvalue weighted by atomic mass is 10.3. The first-order chi connectivity index (χ1) is 13.4. The monoisotopic (exact) mass is 419 g/mol. The van der Waals surface area contributed by atoms with Crippen LogP contribution in [-0.4, -0.2) is 51.8 Å². The number of carbonyl (C=O) groups is 1. The lowest BCUT2D eigenvalue weighted by Gasteiger charge is -2.34. The number of carbonyl (C=O) groups excluding carboxylic acids is 1. The van der Waals surface area contributed by atoms with Crippen LogP contribution in [0.1, 0.15) is 9.67 Å². The van der Waals surface area contributed by atoms with Gasteiger partial charge in [0.15, 0.2) is 5.13 Å². The highest BCUT2D eigenvalue weighted by Gasteiger charge is 2.26. The Morgan fingerprint density at radius 3 is 2.39 bits per heavy atom. The zero-order valence-corrected chi connectivity index (χ0v) is 15.9. The molecule has 0 radical (unpaired) electrons. The summed E-state index contributed by atoms with van der Waals surface area (Å²) in [6, 6.07) is 7.41. The van der Waals surface area contributed by atoms with Crippen LogP contribution in [0.3, 0.4) is 0 Å². The van der Waals surface area contributed by atoms with Gasteiger partial charge in [-0.2, -0.15) is 0 Å². The minimum absolute atomic E-state index is 0.0307. The summed E-state index contributed by atoms with van der Waals surface area (Å²) in [7, 11) is 0. The smallest absolute Gasteiger partial charge is 0.324 e. The number of rotatable bonds is 4. The van der Waals surface area contributed by atoms with Gasteiger partial charge in [0, 0.05) is 44.4 Å². The number of fused-ring (bicyclic) bond motifs is 1. The molecule has 0 spiro atoms. The Bertz CT molecular complexity index is 1090. The third-order valence-electron chi connectivity index (χ3n) is 4.39. The molecule has 1 aliphatic rings. The van der Waals surface area contributed by atoms with E-state index in [1.165, 1.54) is 35.6 Å². The number of thiazole rings is 1. The van der Waals surface area contributed by atoms with Crippen LogP contribution in [0.25, 0.3) is 10.2 Å². The Morgan fingerprint density at radius 1 is 1.00 bits per heavy atom. The molecule has 0 unspecified atom stereocenters. The predicted octanol–water partition coefficient (Wildman–Crippen LogP) is 3.14. The van der Waals surface area contributed by atoms with Crippen LogP contribution < -0.4 is 4.90 Å². The largest absolute Gasteiger partial charge is 0.345 e. The molecule has 1 amide bonds. The summed E-state index contributed by atoms with van der Waals surface area (Å²) >= 11 is 2.26. The minimum atomic E-state index is -0.503. The summed E-state index contributed by atoms with van der Waals surface area (Å²) in [5.41, 5.74) is 0.734. The van der Waals surface area contributed by atoms with Crippen molar-refractivity contribution in [2.75, 3.05) is 31.1 Å². The average molecular weight is 419 g/mol. The SMILES string of the molecule is O=C(c1ccc([N+](=O)[O-])s1)N1CCN(c2nc3ccc([N+](=O)[O-])cc3s2)CC1. The number of nitro groups is 2. The maximum atomic E-state index is 12.5. The van der Waals surface area contributed by atoms with Gasteiger partial charge >= 0.3 is 5.00 Å². The maximum Gasteiger partial charge on any atom is 0.324 e. The molecule has 3 heterocycles. The molecular weight excluding hydrogens is 406 g/mol. The third-order valence-corrected chi connectivity index (χ3v) is 6.50. The maximum absolute atomic E-state index is 12.5. The van der Waals surface area contributed by atoms with Gasteiger partial charge in [0.05, 0.1) is 24.9 Å². The van der Waals surface area contributed by atoms with Gasteiger partial charge in [-0.3, -0.25) is 25.0 Å². The topological polar surface area (TPSA) is 123 Å². The van der Waals surface area contributed by atoms with Crippen molar-refractivity contribution in [1.29, 1.82) is 0 Å². The second-order valence-corrected chi connectivity index (χ2v) is 8.15. The number of non-ortho nitro benzene ring substituents is 1. The number of aromatic nitrogens is 1. The molecule has 4 rings (SSSR count). The standard InChI is InChI=1S/C16H13N5O5S2/c22-15(12-3-4-14(27-12)21(25)26)18-5-7-19(8-6-18)16-17-11-2-1-10(20(23)24)9-13(11)28-16/h1-4,9H,5-8H2. The van der Waals surface area contributed by atoms with E-state index < -0.39 is 9.85 Å². The number of nitro benzene ring substituents is 1. The van der Waals surface area contributed by atoms with Crippen LogP contribution in [-0.2, 0) is 0 Å². The second kappa shape index (κ2) is 7.13. The van der Waals surface area contributed by atoms with Crippen molar-refractivity contribution in [2.24, 2.45) is 0 Å². The molecule has 0 saturated carbocycles. The first-order valence-electron chi connectivity index (χ1n) is 8.26. The van der Waals surface area contributed by atoms with Crippen molar-refractivity contribution in [2.45, 2.75) is 0 Å². The molecule has 1 aromatic carbocycles. The Hall–Kier alpha value is -3.12. The molecule has 2 aromatic heterocycles. The lowest BCUT2D eigenvalue weighted by Crippen LogP contribution is -2.48. The van der Waals surface area contributed by atoms with Gasteiger partial charge < -0.3 is 9.80 Å². The highest BCUT2D eigenvalue weighted by molar-refractivity contribution is 7.22. The summed E-state index contributed by atoms with van der Waals surface area (Å²) in [4.78, 5) is 41.9. The molecular formula is C16H13N5O5S2. The summed E-state index contributed by atoms with van der Waals surface area (Å²) in [5, 5.41) is 22.4. The van der Waals surface area contributed by atoms with Crippen LogP contribution >= 0.6 is 22.7 Å². The average Bonchev–Trinajstić information content (AvgIpc) is 3.34. The van der Waals surface area contributed by atoms with E-state index in [1.807, 2.05) is 4.90 Å². The van der Waals surface area contributed by atoms with Crippen LogP contribution in [0.2, 0.25) is 0 Å². The van der Waals surface area contributed by atoms with Gasteiger partial charge in [-0.15, -0.1) is 0 Å². The van der Waals surface area contributed by atoms with Gasteiger partial charge in [-0.05, 0) is 12.1 Å². The van der Waals surface area contributed by atoms with E-state index >= 15 is 0 Å². The normalized spacial score (nSPS) is 14.4. The number of anilines is 1. The van der Waals surface area contributed by atoms with E-state index in [-0.39, 0.29) is 16.6 Å². The fraction of sp³-hybridized carbons (Fsp3) is 0.250. The van der Waals surface area contributed by atoms with Gasteiger partial charge in [-0.1, -0.05) is 22.7 Å². The Balaban J connectivity index is 1.44. The van der Waals surface area contributed by atoms with Crippen molar-refractivity contribution < 1.29 is 14.6 Å². The number of piperazine rings is 1. The molecule has 144 valence electrons. The Labute approximate surface area is 165 Å². The van der Waals surface area contributed by atoms with Crippen molar-refractivity contribution in [3.63, 3.8) is 0 Å². The minimum Gasteiger partial charge on any atom is -0.345 e. The van der Waals surface area contributed by atoms with E-state index in [2.05, 4.69) is 4.98 Å². The molecule has 12 heteroatoms. The summed E-state index contributed by atoms with van der Waals surface area (Å²) in [6.07, 6.45) is 0. The van der Waals surface area contributed by atoms with E-state index in [0.29, 0.717) is 36.6 Å². The highest BCUT2D eigenvalue weighted by Crippen LogP contribution is 2.32. The first-order valence-corrected chi connectivity index (χ1v) is 9.89. The molecule has 1 saturated heterocycles. The number of hydrogen-bond donors (Lipinski definition) is 0. The number of thiophene rings is 1. The molecule has 1 fully saturated rings. The van der Waals surface area contributed by atoms with Gasteiger partial charge in [0.25, 0.3) is 11.6 Å². The van der Waals surface area contributed by atoms with E-state index in [0.717, 1.165) is 21.2 Å². The van der Waals surface area contributed by atoms with Crippen LogP contribution in [0.15, 0.2) is 30.3 Å². The Kier molecular flexibility index (Phi) is 4.65. The van der Waals surface area contributed by atoms with Crippen molar-refractivity contribution >= 4 is 54.6 Å². The quantitative estimate of drug-likeness (QED) is 0.470. The van der Waals surface area contributed by atoms with Gasteiger partial charge in [-0.25, -0.2) is 4.98 Å². The molecule has 0 bridgehead atoms. The second-order valence-electron chi connectivity index (χ2n) is 6.08. The number of hydrogen-bond acceptors (Lipinski definition) is 9. The summed E-state index contributed by atoms with van der Waals surface area (Å²) in [5.74, 6) is -0.210. The van der Waals surface area contributed by atoms with Gasteiger partial charge in [0.1, 0.15) is 0 Å². The molecule has 3 aromatic rings. The predicted molar refractivity (Wildman–Crippen MR) is 105 cm³/mol. The summed E-state index contributed by atoms with van der Waals surface area (Å²) in [6.45, 7) is 2.09. The lowest BCUT2D eigenvalue weighted by molar-refractivity contribution is -0.384. The molecule has 0 N–H and O–H groups in total. The van der Waals surface area contributed by atoms with E-state index in [1.54, 1.807) is 11.0 Å². The first kappa shape index (κ1) is 18.3. The zero-order valence-electron chi connectivity index (χ0n) is 14.3. The van der Waals surface area contributed by atoms with E-state index in [4.69, 9.17) is 0 Å². The number of benzene rings is 1. The van der Waals surface area contributed by atoms with Crippen molar-refractivity contribution in [1.82, 2.24) is 9.88 Å². The fourth-order valence-electron chi connectivity index (χ4n) is 2.95. The molecule has 0 atom stereocenters. The molecule has 10 nitrogen and oxygen atoms in total. The highest BCUT2D eigenvalue weighted by atomic mass is 32.1. The van der Waals surface area contributed by atoms with Gasteiger partial charge in [0.2, 0.25) is 0 Å². The Morgan fingerprint density at radius 2 is 1.75 bits per heavy atom. The van der Waals surface area contributed by atoms with E-state index in [9.17, 15) is 25.0 Å². The van der Waals surface area contributed by atoms with Crippen LogP contribution in [0, 0.1) is 20.2 Å². The third kappa shape index (κ3) is 3.39. The molecule has 1 aliphatic heterocycles. The molecule has 28 heavy (non-hydrogen) atoms. The fourth-order valence-corrected chi connectivity index (χ4v) is 4.79.